The van der Waals surface area contributed by atoms with Crippen molar-refractivity contribution in [1.29, 1.82) is 0 Å². The zero-order valence-corrected chi connectivity index (χ0v) is 42.4. The van der Waals surface area contributed by atoms with Crippen LogP contribution in [0.5, 0.6) is 0 Å². The Hall–Kier alpha value is -0.538. The maximum atomic E-state index is 2.71. The fourth-order valence-electron chi connectivity index (χ4n) is 7.86. The Bertz CT molecular complexity index is 1660. The molecule has 0 bridgehead atoms. The van der Waals surface area contributed by atoms with Gasteiger partial charge in [-0.2, -0.15) is 27.4 Å². The molecule has 0 fully saturated rings. The summed E-state index contributed by atoms with van der Waals surface area (Å²) in [5, 5.41) is 11.7. The molecule has 0 unspecified atom stereocenters. The van der Waals surface area contributed by atoms with Crippen LogP contribution < -0.4 is 73.5 Å². The normalized spacial score (nSPS) is 12.1. The number of hydrogen-bond donors (Lipinski definition) is 0. The van der Waals surface area contributed by atoms with E-state index in [-0.39, 0.29) is 58.9 Å². The van der Waals surface area contributed by atoms with Gasteiger partial charge in [0.05, 0.1) is 24.2 Å². The molecule has 0 aliphatic heterocycles. The van der Waals surface area contributed by atoms with Crippen LogP contribution in [0.15, 0.2) is 36.4 Å². The van der Waals surface area contributed by atoms with Crippen LogP contribution in [0.25, 0.3) is 0 Å². The molecule has 0 aromatic heterocycles. The molecule has 0 nitrogen and oxygen atoms in total. The molecular formula is C42H63Cl3Si4Ti. The molecule has 0 spiro atoms. The minimum atomic E-state index is -2.92. The predicted octanol–water partition coefficient (Wildman–Crippen LogP) is -1.49. The Morgan fingerprint density at radius 2 is 0.600 bits per heavy atom. The Morgan fingerprint density at radius 1 is 0.380 bits per heavy atom. The molecule has 4 aromatic carbocycles. The first-order valence-electron chi connectivity index (χ1n) is 17.5. The van der Waals surface area contributed by atoms with E-state index in [0.29, 0.717) is 0 Å². The van der Waals surface area contributed by atoms with Gasteiger partial charge in [0.1, 0.15) is 0 Å². The maximum Gasteiger partial charge on any atom is 4.00 e. The van der Waals surface area contributed by atoms with Crippen molar-refractivity contribution in [3.8, 4) is 0 Å². The summed E-state index contributed by atoms with van der Waals surface area (Å²) < 4.78 is 0. The number of aryl methyl sites for hydroxylation is 6. The van der Waals surface area contributed by atoms with Gasteiger partial charge in [-0.05, 0) is 90.5 Å². The molecule has 0 radical (unpaired) electrons. The minimum absolute atomic E-state index is 0. The van der Waals surface area contributed by atoms with Crippen LogP contribution in [0.2, 0.25) is 58.9 Å². The summed E-state index contributed by atoms with van der Waals surface area (Å²) >= 11 is 0. The standard InChI is InChI=1S/C42H63Si4.3ClH.Ti/c1-26-20-36(43(11,12)13)39(23-29(26)4)46(42-34(9)32(7)33(8)35(42)10,40-24-30(5)27(2)21-37(40)44(14,15)16)41-25-31(6)28(3)22-38(41)45(17,18)19;;;;/h20-25H,1-19H3;3*1H;/q-1;;;;+4/p-3. The van der Waals surface area contributed by atoms with Gasteiger partial charge in [-0.3, -0.25) is 0 Å². The fraction of sp³-hybridized carbons (Fsp3) is 0.452. The van der Waals surface area contributed by atoms with Gasteiger partial charge >= 0.3 is 21.7 Å². The van der Waals surface area contributed by atoms with Gasteiger partial charge in [0.15, 0.2) is 8.07 Å². The summed E-state index contributed by atoms with van der Waals surface area (Å²) in [6.07, 6.45) is 0. The summed E-state index contributed by atoms with van der Waals surface area (Å²) in [7, 11) is -8.32. The smallest absolute Gasteiger partial charge is 1.00 e. The van der Waals surface area contributed by atoms with Crippen molar-refractivity contribution >= 4 is 68.6 Å². The van der Waals surface area contributed by atoms with E-state index in [1.54, 1.807) is 36.3 Å². The monoisotopic (exact) mass is 832 g/mol. The molecule has 0 saturated heterocycles. The molecule has 8 heteroatoms. The van der Waals surface area contributed by atoms with Gasteiger partial charge in [-0.25, -0.2) is 0 Å². The van der Waals surface area contributed by atoms with Gasteiger partial charge in [-0.1, -0.05) is 139 Å². The Balaban J connectivity index is 0.00000600. The topological polar surface area (TPSA) is 0 Å². The number of rotatable bonds is 7. The van der Waals surface area contributed by atoms with E-state index in [1.807, 2.05) is 0 Å². The second-order valence-electron chi connectivity index (χ2n) is 17.8. The zero-order chi connectivity index (χ0) is 35.1. The van der Waals surface area contributed by atoms with Crippen LogP contribution in [-0.4, -0.2) is 32.3 Å². The van der Waals surface area contributed by atoms with E-state index in [4.69, 9.17) is 0 Å². The first-order chi connectivity index (χ1) is 20.9. The largest absolute Gasteiger partial charge is 4.00 e. The molecule has 0 atom stereocenters. The van der Waals surface area contributed by atoms with Crippen LogP contribution in [0.1, 0.15) is 55.6 Å². The molecule has 0 heterocycles. The van der Waals surface area contributed by atoms with E-state index >= 15 is 0 Å². The quantitative estimate of drug-likeness (QED) is 0.121. The summed E-state index contributed by atoms with van der Waals surface area (Å²) in [4.78, 5) is 0. The Labute approximate surface area is 345 Å². The second kappa shape index (κ2) is 16.9. The van der Waals surface area contributed by atoms with Gasteiger partial charge < -0.3 is 37.2 Å². The van der Waals surface area contributed by atoms with Crippen molar-refractivity contribution in [3.63, 3.8) is 0 Å². The third kappa shape index (κ3) is 8.55. The predicted molar refractivity (Wildman–Crippen MR) is 222 cm³/mol. The maximum absolute atomic E-state index is 2.92. The van der Waals surface area contributed by atoms with Gasteiger partial charge in [0, 0.05) is 0 Å². The van der Waals surface area contributed by atoms with Crippen molar-refractivity contribution in [3.05, 3.63) is 92.0 Å². The number of halogens is 3. The summed E-state index contributed by atoms with van der Waals surface area (Å²) in [6, 6.07) is 16.0. The molecule has 4 aromatic rings. The van der Waals surface area contributed by atoms with Crippen molar-refractivity contribution in [2.75, 3.05) is 0 Å². The zero-order valence-electron chi connectivity index (χ0n) is 34.6. The first kappa shape index (κ1) is 49.5. The van der Waals surface area contributed by atoms with Crippen molar-refractivity contribution in [1.82, 2.24) is 0 Å². The van der Waals surface area contributed by atoms with Crippen LogP contribution in [-0.2, 0) is 21.7 Å². The number of benzene rings is 3. The van der Waals surface area contributed by atoms with E-state index < -0.39 is 32.3 Å². The molecule has 0 amide bonds. The Morgan fingerprint density at radius 3 is 0.780 bits per heavy atom. The van der Waals surface area contributed by atoms with E-state index in [2.05, 4.69) is 165 Å². The second-order valence-corrected chi connectivity index (χ2v) is 36.6. The van der Waals surface area contributed by atoms with Crippen molar-refractivity contribution < 1.29 is 58.9 Å². The summed E-state index contributed by atoms with van der Waals surface area (Å²) in [6.45, 7) is 47.1. The molecule has 0 aliphatic carbocycles. The van der Waals surface area contributed by atoms with Gasteiger partial charge in [-0.15, -0.1) is 0 Å². The van der Waals surface area contributed by atoms with E-state index in [9.17, 15) is 0 Å². The van der Waals surface area contributed by atoms with Gasteiger partial charge in [0.25, 0.3) is 0 Å². The average molecular weight is 835 g/mol. The number of hydrogen-bond acceptors (Lipinski definition) is 0. The third-order valence-corrected chi connectivity index (χ3v) is 23.4. The minimum Gasteiger partial charge on any atom is -1.00 e. The van der Waals surface area contributed by atoms with Crippen molar-refractivity contribution in [2.24, 2.45) is 0 Å². The molecular weight excluding hydrogens is 771 g/mol. The van der Waals surface area contributed by atoms with Crippen LogP contribution in [0.3, 0.4) is 0 Å². The molecule has 50 heavy (non-hydrogen) atoms. The third-order valence-electron chi connectivity index (χ3n) is 11.4. The SMILES string of the molecule is Cc1cc([Si](C)(C)C)c([Si](c2cc(C)c(C)cc2[Si](C)(C)C)(c2cc(C)c(C)cc2[Si](C)(C)C)c2c(C)c(C)c(C)[c-]2C)cc1C.[Cl-].[Cl-].[Cl-].[Ti+4]. The average Bonchev–Trinajstić information content (AvgIpc) is 3.10. The van der Waals surface area contributed by atoms with Crippen LogP contribution in [0.4, 0.5) is 0 Å². The summed E-state index contributed by atoms with van der Waals surface area (Å²) in [5.74, 6) is 0. The molecule has 0 aliphatic rings. The van der Waals surface area contributed by atoms with Crippen molar-refractivity contribution in [2.45, 2.75) is 128 Å². The fourth-order valence-corrected chi connectivity index (χ4v) is 23.4. The molecule has 4 rings (SSSR count). The molecule has 272 valence electrons. The summed E-state index contributed by atoms with van der Waals surface area (Å²) in [5.41, 5.74) is 14.6. The van der Waals surface area contributed by atoms with E-state index in [0.717, 1.165) is 0 Å². The first-order valence-corrected chi connectivity index (χ1v) is 30.0. The van der Waals surface area contributed by atoms with Crippen LogP contribution >= 0.6 is 0 Å². The van der Waals surface area contributed by atoms with E-state index in [1.165, 1.54) is 55.6 Å². The Kier molecular flexibility index (Phi) is 16.7. The molecule has 0 N–H and O–H groups in total. The molecule has 0 saturated carbocycles. The van der Waals surface area contributed by atoms with Gasteiger partial charge in [0.2, 0.25) is 0 Å². The van der Waals surface area contributed by atoms with Crippen LogP contribution in [0, 0.1) is 69.2 Å².